The number of nitrogens with zero attached hydrogens (tertiary/aromatic N) is 3. The molecule has 122 valence electrons. The molecule has 7 nitrogen and oxygen atoms in total. The van der Waals surface area contributed by atoms with Crippen LogP contribution in [-0.2, 0) is 6.54 Å². The molecular formula is C17H17N5O2. The highest BCUT2D eigenvalue weighted by atomic mass is 16.5. The Morgan fingerprint density at radius 3 is 3.04 bits per heavy atom. The number of aryl methyl sites for hydroxylation is 1. The Balaban J connectivity index is 1.79. The van der Waals surface area contributed by atoms with Crippen molar-refractivity contribution in [2.45, 2.75) is 13.5 Å². The zero-order valence-electron chi connectivity index (χ0n) is 13.2. The van der Waals surface area contributed by atoms with Gasteiger partial charge in [-0.2, -0.15) is 5.10 Å². The van der Waals surface area contributed by atoms with Crippen molar-refractivity contribution in [3.63, 3.8) is 0 Å². The Morgan fingerprint density at radius 1 is 1.25 bits per heavy atom. The summed E-state index contributed by atoms with van der Waals surface area (Å²) in [6.45, 7) is 3.36. The van der Waals surface area contributed by atoms with Gasteiger partial charge in [0.2, 0.25) is 0 Å². The molecule has 1 aliphatic heterocycles. The highest BCUT2D eigenvalue weighted by Crippen LogP contribution is 2.21. The number of anilines is 1. The second-order valence-electron chi connectivity index (χ2n) is 5.66. The molecule has 0 atom stereocenters. The normalized spacial score (nSPS) is 14.6. The third kappa shape index (κ3) is 2.54. The van der Waals surface area contributed by atoms with Crippen molar-refractivity contribution in [3.8, 4) is 5.75 Å². The summed E-state index contributed by atoms with van der Waals surface area (Å²) < 4.78 is 7.42. The molecule has 0 unspecified atom stereocenters. The molecule has 7 heteroatoms. The maximum Gasteiger partial charge on any atom is 0.256 e. The van der Waals surface area contributed by atoms with E-state index in [4.69, 9.17) is 4.74 Å². The van der Waals surface area contributed by atoms with E-state index in [-0.39, 0.29) is 5.91 Å². The van der Waals surface area contributed by atoms with E-state index >= 15 is 0 Å². The minimum atomic E-state index is -0.205. The fraction of sp³-hybridized carbons (Fsp3) is 0.235. The van der Waals surface area contributed by atoms with E-state index in [1.54, 1.807) is 4.52 Å². The molecule has 0 saturated carbocycles. The van der Waals surface area contributed by atoms with Crippen LogP contribution in [-0.4, -0.2) is 33.7 Å². The number of fused-ring (bicyclic) bond motifs is 2. The first kappa shape index (κ1) is 14.5. The Hall–Kier alpha value is -3.09. The molecule has 0 radical (unpaired) electrons. The maximum atomic E-state index is 12.3. The average molecular weight is 323 g/mol. The van der Waals surface area contributed by atoms with Crippen molar-refractivity contribution in [1.82, 2.24) is 19.9 Å². The van der Waals surface area contributed by atoms with Crippen LogP contribution in [0.4, 0.5) is 5.82 Å². The lowest BCUT2D eigenvalue weighted by atomic mass is 10.2. The molecule has 2 aromatic heterocycles. The summed E-state index contributed by atoms with van der Waals surface area (Å²) in [5.74, 6) is 1.33. The van der Waals surface area contributed by atoms with Crippen molar-refractivity contribution in [2.75, 3.05) is 18.5 Å². The van der Waals surface area contributed by atoms with Crippen molar-refractivity contribution in [3.05, 3.63) is 53.3 Å². The summed E-state index contributed by atoms with van der Waals surface area (Å²) >= 11 is 0. The van der Waals surface area contributed by atoms with Gasteiger partial charge in [0.1, 0.15) is 23.7 Å². The average Bonchev–Trinajstić information content (AvgIpc) is 2.99. The van der Waals surface area contributed by atoms with Crippen LogP contribution < -0.4 is 15.4 Å². The summed E-state index contributed by atoms with van der Waals surface area (Å²) in [4.78, 5) is 16.9. The summed E-state index contributed by atoms with van der Waals surface area (Å²) in [5.41, 5.74) is 2.98. The predicted octanol–water partition coefficient (Wildman–Crippen LogP) is 1.77. The molecule has 1 amide bonds. The zero-order valence-corrected chi connectivity index (χ0v) is 13.2. The number of carbonyl (C=O) groups is 1. The van der Waals surface area contributed by atoms with Crippen LogP contribution in [0, 0.1) is 6.92 Å². The van der Waals surface area contributed by atoms with Crippen LogP contribution in [0.1, 0.15) is 21.5 Å². The molecule has 1 aliphatic rings. The topological polar surface area (TPSA) is 80.6 Å². The van der Waals surface area contributed by atoms with Crippen molar-refractivity contribution >= 4 is 17.4 Å². The van der Waals surface area contributed by atoms with Gasteiger partial charge in [-0.25, -0.2) is 9.50 Å². The SMILES string of the molecule is Cc1cn2ncc3c2nc1NCc1ccccc1OCCNC3=O. The third-order valence-electron chi connectivity index (χ3n) is 3.99. The number of carbonyl (C=O) groups excluding carboxylic acids is 1. The molecule has 2 N–H and O–H groups in total. The number of rotatable bonds is 0. The largest absolute Gasteiger partial charge is 0.491 e. The molecule has 2 bridgehead atoms. The van der Waals surface area contributed by atoms with Crippen LogP contribution in [0.2, 0.25) is 0 Å². The maximum absolute atomic E-state index is 12.3. The highest BCUT2D eigenvalue weighted by Gasteiger charge is 2.16. The molecule has 4 rings (SSSR count). The molecule has 24 heavy (non-hydrogen) atoms. The fourth-order valence-corrected chi connectivity index (χ4v) is 2.73. The zero-order chi connectivity index (χ0) is 16.5. The first-order valence-electron chi connectivity index (χ1n) is 7.80. The van der Waals surface area contributed by atoms with Gasteiger partial charge < -0.3 is 15.4 Å². The van der Waals surface area contributed by atoms with E-state index in [0.717, 1.165) is 22.7 Å². The van der Waals surface area contributed by atoms with Gasteiger partial charge in [-0.15, -0.1) is 0 Å². The van der Waals surface area contributed by atoms with E-state index in [2.05, 4.69) is 20.7 Å². The predicted molar refractivity (Wildman–Crippen MR) is 89.3 cm³/mol. The lowest BCUT2D eigenvalue weighted by molar-refractivity contribution is 0.0948. The molecule has 0 aliphatic carbocycles. The monoisotopic (exact) mass is 323 g/mol. The second kappa shape index (κ2) is 5.84. The number of nitrogens with one attached hydrogen (secondary N) is 2. The summed E-state index contributed by atoms with van der Waals surface area (Å²) in [5, 5.41) is 10.4. The molecule has 1 aromatic carbocycles. The number of hydrogen-bond acceptors (Lipinski definition) is 5. The van der Waals surface area contributed by atoms with Gasteiger partial charge >= 0.3 is 0 Å². The lowest BCUT2D eigenvalue weighted by Gasteiger charge is -2.13. The van der Waals surface area contributed by atoms with Gasteiger partial charge in [0.15, 0.2) is 5.65 Å². The van der Waals surface area contributed by atoms with Crippen molar-refractivity contribution < 1.29 is 9.53 Å². The Kier molecular flexibility index (Phi) is 3.53. The quantitative estimate of drug-likeness (QED) is 0.659. The van der Waals surface area contributed by atoms with Crippen LogP contribution in [0.3, 0.4) is 0 Å². The van der Waals surface area contributed by atoms with Crippen LogP contribution in [0.25, 0.3) is 5.65 Å². The van der Waals surface area contributed by atoms with Crippen LogP contribution in [0.15, 0.2) is 36.7 Å². The molecular weight excluding hydrogens is 306 g/mol. The van der Waals surface area contributed by atoms with E-state index < -0.39 is 0 Å². The lowest BCUT2D eigenvalue weighted by Crippen LogP contribution is -2.28. The van der Waals surface area contributed by atoms with Crippen molar-refractivity contribution in [2.24, 2.45) is 0 Å². The fourth-order valence-electron chi connectivity index (χ4n) is 2.73. The van der Waals surface area contributed by atoms with Crippen LogP contribution in [0.5, 0.6) is 5.75 Å². The van der Waals surface area contributed by atoms with Gasteiger partial charge in [0, 0.05) is 23.9 Å². The summed E-state index contributed by atoms with van der Waals surface area (Å²) in [7, 11) is 0. The standard InChI is InChI=1S/C17H17N5O2/c1-11-10-22-16-13(9-20-22)17(23)18-6-7-24-14-5-3-2-4-12(14)8-19-15(11)21-16/h2-5,9-10H,6-8H2,1H3,(H,18,23)(H,19,21). The van der Waals surface area contributed by atoms with Gasteiger partial charge in [-0.05, 0) is 13.0 Å². The highest BCUT2D eigenvalue weighted by molar-refractivity contribution is 5.99. The first-order chi connectivity index (χ1) is 11.7. The van der Waals surface area contributed by atoms with Gasteiger partial charge in [-0.3, -0.25) is 4.79 Å². The van der Waals surface area contributed by atoms with Gasteiger partial charge in [0.05, 0.1) is 12.7 Å². The van der Waals surface area contributed by atoms with Gasteiger partial charge in [-0.1, -0.05) is 18.2 Å². The number of ether oxygens (including phenoxy) is 1. The van der Waals surface area contributed by atoms with E-state index in [0.29, 0.717) is 30.9 Å². The molecule has 3 heterocycles. The minimum Gasteiger partial charge on any atom is -0.491 e. The molecule has 0 fully saturated rings. The Morgan fingerprint density at radius 2 is 2.12 bits per heavy atom. The summed E-state index contributed by atoms with van der Waals surface area (Å²) in [6.07, 6.45) is 3.40. The van der Waals surface area contributed by atoms with E-state index in [1.165, 1.54) is 6.20 Å². The smallest absolute Gasteiger partial charge is 0.256 e. The molecule has 0 saturated heterocycles. The Bertz CT molecular complexity index is 918. The minimum absolute atomic E-state index is 0.205. The first-order valence-corrected chi connectivity index (χ1v) is 7.80. The number of para-hydroxylation sites is 1. The number of hydrogen-bond donors (Lipinski definition) is 2. The second-order valence-corrected chi connectivity index (χ2v) is 5.66. The number of amides is 1. The van der Waals surface area contributed by atoms with Crippen molar-refractivity contribution in [1.29, 1.82) is 0 Å². The number of benzene rings is 1. The molecule has 0 spiro atoms. The van der Waals surface area contributed by atoms with E-state index in [9.17, 15) is 4.79 Å². The van der Waals surface area contributed by atoms with E-state index in [1.807, 2.05) is 37.4 Å². The molecule has 3 aromatic rings. The Labute approximate surface area is 138 Å². The van der Waals surface area contributed by atoms with Gasteiger partial charge in [0.25, 0.3) is 5.91 Å². The summed E-state index contributed by atoms with van der Waals surface area (Å²) in [6, 6.07) is 7.85. The third-order valence-corrected chi connectivity index (χ3v) is 3.99. The number of aromatic nitrogens is 3. The van der Waals surface area contributed by atoms with Crippen LogP contribution >= 0.6 is 0 Å².